The zero-order valence-electron chi connectivity index (χ0n) is 31.8. The van der Waals surface area contributed by atoms with Crippen LogP contribution in [-0.2, 0) is 29.5 Å². The molecule has 8 aromatic rings. The molecule has 0 amide bonds. The van der Waals surface area contributed by atoms with Crippen molar-refractivity contribution in [2.75, 3.05) is 9.80 Å². The predicted molar refractivity (Wildman–Crippen MR) is 233 cm³/mol. The Balaban J connectivity index is 0.977. The highest BCUT2D eigenvalue weighted by Gasteiger charge is 2.38. The molecule has 8 aromatic carbocycles. The van der Waals surface area contributed by atoms with Crippen LogP contribution in [0.4, 0.5) is 34.1 Å². The van der Waals surface area contributed by atoms with E-state index < -0.39 is 35.3 Å². The highest BCUT2D eigenvalue weighted by atomic mass is 32.2. The first kappa shape index (κ1) is 36.9. The van der Waals surface area contributed by atoms with Gasteiger partial charge in [0, 0.05) is 22.5 Å². The van der Waals surface area contributed by atoms with Crippen molar-refractivity contribution in [2.45, 2.75) is 29.4 Å². The molecule has 296 valence electrons. The third kappa shape index (κ3) is 5.42. The number of nitrogens with zero attached hydrogens (tertiary/aromatic N) is 2. The smallest absolute Gasteiger partial charge is 0.210 e. The van der Waals surface area contributed by atoms with Crippen LogP contribution < -0.4 is 9.80 Å². The van der Waals surface area contributed by atoms with Gasteiger partial charge in [-0.2, -0.15) is 0 Å². The molecule has 3 heterocycles. The summed E-state index contributed by atoms with van der Waals surface area (Å²) < 4.78 is 82.8. The van der Waals surface area contributed by atoms with Crippen molar-refractivity contribution >= 4 is 69.4 Å². The van der Waals surface area contributed by atoms with Crippen LogP contribution in [0.5, 0.6) is 0 Å². The highest BCUT2D eigenvalue weighted by Crippen LogP contribution is 2.50. The van der Waals surface area contributed by atoms with Crippen LogP contribution >= 0.6 is 0 Å². The van der Waals surface area contributed by atoms with E-state index >= 15 is 0 Å². The van der Waals surface area contributed by atoms with E-state index in [9.17, 15) is 30.0 Å². The maximum Gasteiger partial charge on any atom is 0.210 e. The summed E-state index contributed by atoms with van der Waals surface area (Å²) in [5, 5.41) is 0. The van der Waals surface area contributed by atoms with Crippen molar-refractivity contribution in [2.24, 2.45) is 0 Å². The summed E-state index contributed by atoms with van der Waals surface area (Å²) in [6, 6.07) is 51.8. The molecule has 0 aromatic heterocycles. The van der Waals surface area contributed by atoms with Crippen LogP contribution in [0.25, 0.3) is 22.3 Å². The van der Waals surface area contributed by atoms with Crippen LogP contribution in [0.2, 0.25) is 0 Å². The number of anilines is 6. The summed E-state index contributed by atoms with van der Waals surface area (Å²) in [6.45, 7) is 0. The number of carbonyl (C=O) groups is 1. The van der Waals surface area contributed by atoms with Gasteiger partial charge in [-0.1, -0.05) is 84.9 Å². The fraction of sp³-hybridized carbons (Fsp3) is 0. The van der Waals surface area contributed by atoms with Crippen molar-refractivity contribution in [3.63, 3.8) is 0 Å². The van der Waals surface area contributed by atoms with Gasteiger partial charge >= 0.3 is 0 Å². The molecule has 0 radical (unpaired) electrons. The quantitative estimate of drug-likeness (QED) is 0.170. The molecule has 0 N–H and O–H groups in total. The van der Waals surface area contributed by atoms with Gasteiger partial charge in [0.2, 0.25) is 29.5 Å². The summed E-state index contributed by atoms with van der Waals surface area (Å²) in [5.74, 6) is -0.441. The lowest BCUT2D eigenvalue weighted by Gasteiger charge is -2.33. The van der Waals surface area contributed by atoms with Gasteiger partial charge in [-0.3, -0.25) is 4.79 Å². The third-order valence-corrected chi connectivity index (χ3v) is 17.1. The Bertz CT molecular complexity index is 3250. The predicted octanol–water partition coefficient (Wildman–Crippen LogP) is 10.6. The van der Waals surface area contributed by atoms with Gasteiger partial charge in [0.15, 0.2) is 5.78 Å². The standard InChI is InChI=1S/C49H30N2O7S3/c52-49-37-29-33(31-11-9-13-35(27-31)50-39-15-1-5-19-45(39)60(55,56)46-20-6-2-16-40(46)50)23-25-43(37)59(53,54)44-26-24-34(30-38(44)49)32-12-10-14-36(28-32)51-41-17-3-7-21-47(41)61(57,58)48-22-8-4-18-42(48)51/h1-30H. The van der Waals surface area contributed by atoms with Crippen LogP contribution in [0.3, 0.4) is 0 Å². The van der Waals surface area contributed by atoms with Crippen molar-refractivity contribution in [1.82, 2.24) is 0 Å². The van der Waals surface area contributed by atoms with Gasteiger partial charge in [-0.05, 0) is 119 Å². The van der Waals surface area contributed by atoms with E-state index in [0.29, 0.717) is 56.4 Å². The fourth-order valence-electron chi connectivity index (χ4n) is 8.68. The molecule has 61 heavy (non-hydrogen) atoms. The number of sulfone groups is 3. The molecule has 0 atom stereocenters. The maximum atomic E-state index is 14.5. The van der Waals surface area contributed by atoms with Crippen molar-refractivity contribution in [1.29, 1.82) is 0 Å². The Morgan fingerprint density at radius 2 is 0.607 bits per heavy atom. The molecular formula is C49H30N2O7S3. The molecule has 0 saturated heterocycles. The minimum Gasteiger partial charge on any atom is -0.308 e. The van der Waals surface area contributed by atoms with Crippen LogP contribution in [0, 0.1) is 0 Å². The van der Waals surface area contributed by atoms with Crippen LogP contribution in [-0.4, -0.2) is 31.0 Å². The lowest BCUT2D eigenvalue weighted by Crippen LogP contribution is -2.22. The molecule has 0 spiro atoms. The van der Waals surface area contributed by atoms with E-state index in [1.807, 2.05) is 58.3 Å². The number of fused-ring (bicyclic) bond motifs is 6. The average molecular weight is 855 g/mol. The summed E-state index contributed by atoms with van der Waals surface area (Å²) >= 11 is 0. The van der Waals surface area contributed by atoms with Gasteiger partial charge in [0.05, 0.1) is 52.1 Å². The molecule has 3 aliphatic heterocycles. The number of rotatable bonds is 4. The van der Waals surface area contributed by atoms with Gasteiger partial charge in [-0.15, -0.1) is 0 Å². The molecule has 0 unspecified atom stereocenters. The van der Waals surface area contributed by atoms with E-state index in [1.54, 1.807) is 121 Å². The highest BCUT2D eigenvalue weighted by molar-refractivity contribution is 7.92. The SMILES string of the molecule is O=C1c2cc(-c3cccc(N4c5ccccc5S(=O)(=O)c5ccccc54)c3)ccc2S(=O)(=O)c2ccc(-c3cccc(N4c5ccccc5S(=O)(=O)c5ccccc54)c3)cc21. The summed E-state index contributed by atoms with van der Waals surface area (Å²) in [6.07, 6.45) is 0. The van der Waals surface area contributed by atoms with Crippen molar-refractivity contribution < 1.29 is 30.0 Å². The Labute approximate surface area is 352 Å². The molecule has 0 aliphatic carbocycles. The Morgan fingerprint density at radius 3 is 0.967 bits per heavy atom. The topological polar surface area (TPSA) is 126 Å². The lowest BCUT2D eigenvalue weighted by molar-refractivity contribution is 0.103. The minimum atomic E-state index is -4.09. The van der Waals surface area contributed by atoms with E-state index in [1.165, 1.54) is 12.1 Å². The first-order chi connectivity index (χ1) is 29.4. The van der Waals surface area contributed by atoms with Gasteiger partial charge in [0.1, 0.15) is 0 Å². The first-order valence-electron chi connectivity index (χ1n) is 19.2. The zero-order chi connectivity index (χ0) is 41.8. The molecule has 9 nitrogen and oxygen atoms in total. The Kier molecular flexibility index (Phi) is 7.98. The largest absolute Gasteiger partial charge is 0.308 e. The van der Waals surface area contributed by atoms with Crippen LogP contribution in [0.1, 0.15) is 15.9 Å². The minimum absolute atomic E-state index is 0.0452. The number of benzene rings is 8. The summed E-state index contributed by atoms with van der Waals surface area (Å²) in [5.41, 5.74) is 6.05. The number of ketones is 1. The Morgan fingerprint density at radius 1 is 0.295 bits per heavy atom. The monoisotopic (exact) mass is 854 g/mol. The van der Waals surface area contributed by atoms with E-state index in [-0.39, 0.29) is 40.5 Å². The molecule has 12 heteroatoms. The molecule has 0 saturated carbocycles. The van der Waals surface area contributed by atoms with Gasteiger partial charge in [0.25, 0.3) is 0 Å². The first-order valence-corrected chi connectivity index (χ1v) is 23.6. The second-order valence-electron chi connectivity index (χ2n) is 14.9. The summed E-state index contributed by atoms with van der Waals surface area (Å²) in [4.78, 5) is 18.8. The molecule has 0 bridgehead atoms. The van der Waals surface area contributed by atoms with E-state index in [4.69, 9.17) is 0 Å². The molecular weight excluding hydrogens is 825 g/mol. The lowest BCUT2D eigenvalue weighted by atomic mass is 9.95. The molecule has 3 aliphatic rings. The number of para-hydroxylation sites is 4. The summed E-state index contributed by atoms with van der Waals surface area (Å²) in [7, 11) is -11.6. The second kappa shape index (κ2) is 13.2. The van der Waals surface area contributed by atoms with Gasteiger partial charge < -0.3 is 9.80 Å². The molecule has 11 rings (SSSR count). The van der Waals surface area contributed by atoms with Crippen molar-refractivity contribution in [3.8, 4) is 22.3 Å². The van der Waals surface area contributed by atoms with Crippen molar-refractivity contribution in [3.05, 3.63) is 193 Å². The maximum absolute atomic E-state index is 14.5. The van der Waals surface area contributed by atoms with Gasteiger partial charge in [-0.25, -0.2) is 25.3 Å². The van der Waals surface area contributed by atoms with E-state index in [0.717, 1.165) is 0 Å². The normalized spacial score (nSPS) is 16.0. The average Bonchev–Trinajstić information content (AvgIpc) is 3.28. The zero-order valence-corrected chi connectivity index (χ0v) is 34.2. The van der Waals surface area contributed by atoms with Crippen LogP contribution in [0.15, 0.2) is 211 Å². The number of hydrogen-bond donors (Lipinski definition) is 0. The molecule has 0 fully saturated rings. The third-order valence-electron chi connectivity index (χ3n) is 11.5. The number of carbonyl (C=O) groups excluding carboxylic acids is 1. The van der Waals surface area contributed by atoms with E-state index in [2.05, 4.69) is 0 Å². The Hall–Kier alpha value is -7.12. The fourth-order valence-corrected chi connectivity index (χ4v) is 13.5. The number of hydrogen-bond acceptors (Lipinski definition) is 9. The second-order valence-corrected chi connectivity index (χ2v) is 20.6.